The van der Waals surface area contributed by atoms with Crippen molar-refractivity contribution < 1.29 is 23.0 Å². The van der Waals surface area contributed by atoms with Gasteiger partial charge in [-0.2, -0.15) is 0 Å². The summed E-state index contributed by atoms with van der Waals surface area (Å²) in [4.78, 5) is 11.5. The van der Waals surface area contributed by atoms with Crippen LogP contribution in [0.3, 0.4) is 0 Å². The molecule has 0 saturated carbocycles. The Hall–Kier alpha value is -1.73. The Kier molecular flexibility index (Phi) is 7.04. The van der Waals surface area contributed by atoms with Crippen LogP contribution in [-0.4, -0.2) is 38.8 Å². The maximum atomic E-state index is 13.7. The molecule has 21 heavy (non-hydrogen) atoms. The van der Waals surface area contributed by atoms with Gasteiger partial charge in [-0.3, -0.25) is 4.79 Å². The second-order valence-corrected chi connectivity index (χ2v) is 4.64. The van der Waals surface area contributed by atoms with Crippen LogP contribution in [0.2, 0.25) is 0 Å². The number of nitrogens with one attached hydrogen (secondary N) is 1. The molecule has 0 aliphatic rings. The molecule has 0 heterocycles. The fourth-order valence-electron chi connectivity index (χ4n) is 1.81. The highest BCUT2D eigenvalue weighted by Gasteiger charge is 2.15. The summed E-state index contributed by atoms with van der Waals surface area (Å²) in [7, 11) is 1.51. The summed E-state index contributed by atoms with van der Waals surface area (Å²) in [5.41, 5.74) is 5.77. The van der Waals surface area contributed by atoms with Crippen molar-refractivity contribution in [1.82, 2.24) is 5.32 Å². The van der Waals surface area contributed by atoms with Gasteiger partial charge in [-0.1, -0.05) is 0 Å². The summed E-state index contributed by atoms with van der Waals surface area (Å²) in [5, 5.41) is 2.57. The molecule has 7 heteroatoms. The van der Waals surface area contributed by atoms with E-state index < -0.39 is 29.9 Å². The van der Waals surface area contributed by atoms with Crippen molar-refractivity contribution in [2.75, 3.05) is 26.9 Å². The number of halogens is 2. The van der Waals surface area contributed by atoms with Gasteiger partial charge in [0.05, 0.1) is 6.61 Å². The number of hydrogen-bond donors (Lipinski definition) is 2. The summed E-state index contributed by atoms with van der Waals surface area (Å²) in [5.74, 6) is -2.75. The van der Waals surface area contributed by atoms with Crippen LogP contribution in [0.15, 0.2) is 12.1 Å². The third kappa shape index (κ3) is 5.65. The normalized spacial score (nSPS) is 12.0. The molecule has 5 nitrogen and oxygen atoms in total. The van der Waals surface area contributed by atoms with Crippen LogP contribution in [0.25, 0.3) is 0 Å². The summed E-state index contributed by atoms with van der Waals surface area (Å²) < 4.78 is 37.2. The lowest BCUT2D eigenvalue weighted by atomic mass is 10.1. The van der Waals surface area contributed by atoms with E-state index in [9.17, 15) is 13.6 Å². The third-order valence-electron chi connectivity index (χ3n) is 2.66. The molecule has 0 saturated heterocycles. The number of ether oxygens (including phenoxy) is 2. The first kappa shape index (κ1) is 17.3. The quantitative estimate of drug-likeness (QED) is 0.751. The highest BCUT2D eigenvalue weighted by atomic mass is 19.1. The number of carbonyl (C=O) groups is 1. The Morgan fingerprint density at radius 3 is 2.52 bits per heavy atom. The second kappa shape index (κ2) is 8.53. The predicted octanol–water partition coefficient (Wildman–Crippen LogP) is 0.996. The molecule has 0 aliphatic heterocycles. The van der Waals surface area contributed by atoms with Gasteiger partial charge >= 0.3 is 0 Å². The van der Waals surface area contributed by atoms with E-state index in [4.69, 9.17) is 15.2 Å². The Labute approximate surface area is 122 Å². The van der Waals surface area contributed by atoms with Crippen molar-refractivity contribution in [2.24, 2.45) is 5.73 Å². The average molecular weight is 302 g/mol. The van der Waals surface area contributed by atoms with Gasteiger partial charge in [0.1, 0.15) is 0 Å². The lowest BCUT2D eigenvalue weighted by Crippen LogP contribution is -2.38. The van der Waals surface area contributed by atoms with E-state index in [0.717, 1.165) is 12.1 Å². The number of carbonyl (C=O) groups excluding carboxylic acids is 1. The Bertz CT molecular complexity index is 460. The molecule has 0 bridgehead atoms. The van der Waals surface area contributed by atoms with Gasteiger partial charge in [-0.25, -0.2) is 8.78 Å². The fourth-order valence-corrected chi connectivity index (χ4v) is 1.81. The molecule has 118 valence electrons. The molecule has 1 unspecified atom stereocenters. The number of rotatable bonds is 8. The van der Waals surface area contributed by atoms with Crippen molar-refractivity contribution in [3.8, 4) is 5.75 Å². The summed E-state index contributed by atoms with van der Waals surface area (Å²) in [6, 6.07) is 2.08. The monoisotopic (exact) mass is 302 g/mol. The van der Waals surface area contributed by atoms with E-state index in [1.165, 1.54) is 7.11 Å². The minimum atomic E-state index is -0.851. The molecule has 0 radical (unpaired) electrons. The zero-order valence-corrected chi connectivity index (χ0v) is 12.1. The zero-order chi connectivity index (χ0) is 15.8. The van der Waals surface area contributed by atoms with Crippen molar-refractivity contribution >= 4 is 5.91 Å². The van der Waals surface area contributed by atoms with Crippen molar-refractivity contribution in [3.63, 3.8) is 0 Å². The molecular weight excluding hydrogens is 282 g/mol. The number of nitrogens with two attached hydrogens (primary N) is 1. The smallest absolute Gasteiger partial charge is 0.258 e. The van der Waals surface area contributed by atoms with Crippen LogP contribution in [0.1, 0.15) is 12.5 Å². The maximum Gasteiger partial charge on any atom is 0.258 e. The lowest BCUT2D eigenvalue weighted by molar-refractivity contribution is -0.124. The maximum absolute atomic E-state index is 13.7. The van der Waals surface area contributed by atoms with Gasteiger partial charge in [0, 0.05) is 13.2 Å². The summed E-state index contributed by atoms with van der Waals surface area (Å²) in [6.45, 7) is 1.89. The zero-order valence-electron chi connectivity index (χ0n) is 12.1. The first-order valence-corrected chi connectivity index (χ1v) is 6.57. The van der Waals surface area contributed by atoms with Gasteiger partial charge in [-0.05, 0) is 37.6 Å². The van der Waals surface area contributed by atoms with Crippen LogP contribution in [-0.2, 0) is 16.0 Å². The van der Waals surface area contributed by atoms with E-state index in [0.29, 0.717) is 25.1 Å². The van der Waals surface area contributed by atoms with Crippen LogP contribution in [0, 0.1) is 11.6 Å². The minimum absolute atomic E-state index is 0.215. The molecule has 0 fully saturated rings. The van der Waals surface area contributed by atoms with Crippen molar-refractivity contribution in [2.45, 2.75) is 19.4 Å². The largest absolute Gasteiger partial charge is 0.478 e. The SMILES string of the molecule is COCC(C)NC(=O)COc1c(F)cc(CCN)cc1F. The van der Waals surface area contributed by atoms with E-state index in [1.54, 1.807) is 6.92 Å². The van der Waals surface area contributed by atoms with Gasteiger partial charge in [-0.15, -0.1) is 0 Å². The number of amides is 1. The van der Waals surface area contributed by atoms with E-state index >= 15 is 0 Å². The van der Waals surface area contributed by atoms with E-state index in [2.05, 4.69) is 5.32 Å². The number of benzene rings is 1. The molecule has 3 N–H and O–H groups in total. The molecule has 1 amide bonds. The molecule has 1 aromatic rings. The molecule has 1 atom stereocenters. The van der Waals surface area contributed by atoms with Crippen LogP contribution < -0.4 is 15.8 Å². The van der Waals surface area contributed by atoms with Gasteiger partial charge in [0.25, 0.3) is 5.91 Å². The summed E-state index contributed by atoms with van der Waals surface area (Å²) in [6.07, 6.45) is 0.364. The second-order valence-electron chi connectivity index (χ2n) is 4.64. The standard InChI is InChI=1S/C14H20F2N2O3/c1-9(7-20-2)18-13(19)8-21-14-11(15)5-10(3-4-17)6-12(14)16/h5-6,9H,3-4,7-8,17H2,1-2H3,(H,18,19). The molecular formula is C14H20F2N2O3. The lowest BCUT2D eigenvalue weighted by Gasteiger charge is -2.14. The predicted molar refractivity (Wildman–Crippen MR) is 74.1 cm³/mol. The van der Waals surface area contributed by atoms with Crippen molar-refractivity contribution in [3.05, 3.63) is 29.3 Å². The first-order valence-electron chi connectivity index (χ1n) is 6.57. The van der Waals surface area contributed by atoms with Crippen LogP contribution in [0.4, 0.5) is 8.78 Å². The Morgan fingerprint density at radius 2 is 2.00 bits per heavy atom. The highest BCUT2D eigenvalue weighted by molar-refractivity contribution is 5.77. The molecule has 0 aromatic heterocycles. The highest BCUT2D eigenvalue weighted by Crippen LogP contribution is 2.23. The van der Waals surface area contributed by atoms with Gasteiger partial charge < -0.3 is 20.5 Å². The molecule has 0 spiro atoms. The number of methoxy groups -OCH3 is 1. The van der Waals surface area contributed by atoms with E-state index in [-0.39, 0.29) is 6.04 Å². The van der Waals surface area contributed by atoms with Crippen LogP contribution in [0.5, 0.6) is 5.75 Å². The van der Waals surface area contributed by atoms with Crippen LogP contribution >= 0.6 is 0 Å². The Morgan fingerprint density at radius 1 is 1.38 bits per heavy atom. The van der Waals surface area contributed by atoms with Crippen molar-refractivity contribution in [1.29, 1.82) is 0 Å². The Balaban J connectivity index is 2.61. The third-order valence-corrected chi connectivity index (χ3v) is 2.66. The summed E-state index contributed by atoms with van der Waals surface area (Å²) >= 11 is 0. The molecule has 0 aliphatic carbocycles. The first-order chi connectivity index (χ1) is 9.97. The molecule has 1 aromatic carbocycles. The van der Waals surface area contributed by atoms with Gasteiger partial charge in [0.15, 0.2) is 24.0 Å². The average Bonchev–Trinajstić information content (AvgIpc) is 2.38. The topological polar surface area (TPSA) is 73.6 Å². The van der Waals surface area contributed by atoms with Gasteiger partial charge in [0.2, 0.25) is 0 Å². The van der Waals surface area contributed by atoms with E-state index in [1.807, 2.05) is 0 Å². The number of hydrogen-bond acceptors (Lipinski definition) is 4. The fraction of sp³-hybridized carbons (Fsp3) is 0.500. The molecule has 1 rings (SSSR count). The minimum Gasteiger partial charge on any atom is -0.478 e.